The van der Waals surface area contributed by atoms with Crippen LogP contribution < -0.4 is 10.5 Å². The zero-order valence-corrected chi connectivity index (χ0v) is 11.1. The molecule has 2 rings (SSSR count). The first-order valence-corrected chi connectivity index (χ1v) is 6.86. The third-order valence-electron chi connectivity index (χ3n) is 3.45. The van der Waals surface area contributed by atoms with Crippen molar-refractivity contribution < 1.29 is 4.74 Å². The summed E-state index contributed by atoms with van der Waals surface area (Å²) in [4.78, 5) is 6.78. The summed E-state index contributed by atoms with van der Waals surface area (Å²) in [7, 11) is 0. The Balaban J connectivity index is 1.75. The van der Waals surface area contributed by atoms with Gasteiger partial charge >= 0.3 is 0 Å². The van der Waals surface area contributed by atoms with Gasteiger partial charge in [-0.3, -0.25) is 9.88 Å². The van der Waals surface area contributed by atoms with Crippen LogP contribution in [-0.4, -0.2) is 36.1 Å². The smallest absolute Gasteiger partial charge is 0.137 e. The summed E-state index contributed by atoms with van der Waals surface area (Å²) >= 11 is 0. The molecule has 1 atom stereocenters. The molecule has 1 aliphatic heterocycles. The van der Waals surface area contributed by atoms with Crippen molar-refractivity contribution in [3.05, 3.63) is 24.0 Å². The van der Waals surface area contributed by atoms with E-state index >= 15 is 0 Å². The molecule has 1 aromatic rings. The maximum atomic E-state index is 5.92. The largest absolute Gasteiger partial charge is 0.491 e. The van der Waals surface area contributed by atoms with Crippen molar-refractivity contribution in [1.29, 1.82) is 0 Å². The standard InChI is InChI=1S/C14H23N3O/c1-2-13(15)14-6-5-12(11-16-14)18-10-9-17-7-3-4-8-17/h5-6,11,13H,2-4,7-10,15H2,1H3/t13-/m1/s1. The predicted molar refractivity (Wildman–Crippen MR) is 72.6 cm³/mol. The molecule has 1 fully saturated rings. The predicted octanol–water partition coefficient (Wildman–Crippen LogP) is 1.97. The van der Waals surface area contributed by atoms with E-state index in [-0.39, 0.29) is 6.04 Å². The molecule has 0 aliphatic carbocycles. The molecule has 0 spiro atoms. The van der Waals surface area contributed by atoms with Crippen molar-refractivity contribution in [3.63, 3.8) is 0 Å². The molecule has 1 aliphatic rings. The van der Waals surface area contributed by atoms with Crippen molar-refractivity contribution in [2.24, 2.45) is 5.73 Å². The average molecular weight is 249 g/mol. The Kier molecular flexibility index (Phi) is 4.96. The van der Waals surface area contributed by atoms with Gasteiger partial charge in [0.05, 0.1) is 11.9 Å². The van der Waals surface area contributed by atoms with Gasteiger partial charge in [0.1, 0.15) is 12.4 Å². The van der Waals surface area contributed by atoms with Gasteiger partial charge < -0.3 is 10.5 Å². The molecule has 18 heavy (non-hydrogen) atoms. The minimum absolute atomic E-state index is 0.0312. The normalized spacial score (nSPS) is 17.9. The molecule has 0 bridgehead atoms. The summed E-state index contributed by atoms with van der Waals surface area (Å²) in [5.74, 6) is 0.834. The Labute approximate surface area is 109 Å². The van der Waals surface area contributed by atoms with Crippen LogP contribution in [0, 0.1) is 0 Å². The second kappa shape index (κ2) is 6.71. The van der Waals surface area contributed by atoms with Gasteiger partial charge in [-0.15, -0.1) is 0 Å². The van der Waals surface area contributed by atoms with Crippen LogP contribution in [0.3, 0.4) is 0 Å². The summed E-state index contributed by atoms with van der Waals surface area (Å²) in [5.41, 5.74) is 6.85. The lowest BCUT2D eigenvalue weighted by molar-refractivity contribution is 0.237. The van der Waals surface area contributed by atoms with Crippen LogP contribution in [0.2, 0.25) is 0 Å². The van der Waals surface area contributed by atoms with Crippen LogP contribution in [0.4, 0.5) is 0 Å². The molecule has 4 nitrogen and oxygen atoms in total. The first kappa shape index (κ1) is 13.3. The molecule has 2 heterocycles. The van der Waals surface area contributed by atoms with Crippen LogP contribution in [-0.2, 0) is 0 Å². The number of hydrogen-bond donors (Lipinski definition) is 1. The van der Waals surface area contributed by atoms with Gasteiger partial charge in [0.2, 0.25) is 0 Å². The van der Waals surface area contributed by atoms with Crippen LogP contribution in [0.25, 0.3) is 0 Å². The quantitative estimate of drug-likeness (QED) is 0.837. The van der Waals surface area contributed by atoms with Crippen molar-refractivity contribution in [2.75, 3.05) is 26.2 Å². The molecule has 0 aromatic carbocycles. The fourth-order valence-electron chi connectivity index (χ4n) is 2.20. The maximum absolute atomic E-state index is 5.92. The second-order valence-corrected chi connectivity index (χ2v) is 4.83. The van der Waals surface area contributed by atoms with Crippen LogP contribution in [0.1, 0.15) is 37.9 Å². The lowest BCUT2D eigenvalue weighted by Gasteiger charge is -2.15. The number of pyridine rings is 1. The number of ether oxygens (including phenoxy) is 1. The molecule has 0 unspecified atom stereocenters. The van der Waals surface area contributed by atoms with Crippen LogP contribution >= 0.6 is 0 Å². The molecule has 0 saturated carbocycles. The van der Waals surface area contributed by atoms with Gasteiger partial charge in [0.15, 0.2) is 0 Å². The number of nitrogens with two attached hydrogens (primary N) is 1. The van der Waals surface area contributed by atoms with Gasteiger partial charge in [-0.05, 0) is 44.5 Å². The van der Waals surface area contributed by atoms with Crippen LogP contribution in [0.15, 0.2) is 18.3 Å². The van der Waals surface area contributed by atoms with E-state index in [1.165, 1.54) is 25.9 Å². The molecule has 100 valence electrons. The fourth-order valence-corrected chi connectivity index (χ4v) is 2.20. The van der Waals surface area contributed by atoms with Gasteiger partial charge in [-0.25, -0.2) is 0 Å². The van der Waals surface area contributed by atoms with E-state index in [1.807, 2.05) is 12.1 Å². The summed E-state index contributed by atoms with van der Waals surface area (Å²) in [6, 6.07) is 3.95. The third kappa shape index (κ3) is 3.68. The molecular formula is C14H23N3O. The number of rotatable bonds is 6. The minimum Gasteiger partial charge on any atom is -0.491 e. The molecular weight excluding hydrogens is 226 g/mol. The number of nitrogens with zero attached hydrogens (tertiary/aromatic N) is 2. The topological polar surface area (TPSA) is 51.4 Å². The van der Waals surface area contributed by atoms with E-state index in [4.69, 9.17) is 10.5 Å². The summed E-state index contributed by atoms with van der Waals surface area (Å²) in [6.07, 6.45) is 5.33. The lowest BCUT2D eigenvalue weighted by atomic mass is 10.1. The molecule has 0 amide bonds. The van der Waals surface area contributed by atoms with E-state index in [2.05, 4.69) is 16.8 Å². The molecule has 2 N–H and O–H groups in total. The van der Waals surface area contributed by atoms with Gasteiger partial charge in [-0.1, -0.05) is 6.92 Å². The highest BCUT2D eigenvalue weighted by atomic mass is 16.5. The first-order chi connectivity index (χ1) is 8.79. The van der Waals surface area contributed by atoms with Crippen LogP contribution in [0.5, 0.6) is 5.75 Å². The van der Waals surface area contributed by atoms with Crippen molar-refractivity contribution in [1.82, 2.24) is 9.88 Å². The second-order valence-electron chi connectivity index (χ2n) is 4.83. The summed E-state index contributed by atoms with van der Waals surface area (Å²) in [6.45, 7) is 6.24. The average Bonchev–Trinajstić information content (AvgIpc) is 2.92. The van der Waals surface area contributed by atoms with Crippen molar-refractivity contribution >= 4 is 0 Å². The van der Waals surface area contributed by atoms with E-state index < -0.39 is 0 Å². The number of aromatic nitrogens is 1. The Morgan fingerprint density at radius 2 is 2.17 bits per heavy atom. The lowest BCUT2D eigenvalue weighted by Crippen LogP contribution is -2.25. The number of hydrogen-bond acceptors (Lipinski definition) is 4. The van der Waals surface area contributed by atoms with E-state index in [0.29, 0.717) is 0 Å². The Bertz CT molecular complexity index is 347. The van der Waals surface area contributed by atoms with Gasteiger partial charge in [0.25, 0.3) is 0 Å². The zero-order chi connectivity index (χ0) is 12.8. The maximum Gasteiger partial charge on any atom is 0.137 e. The zero-order valence-electron chi connectivity index (χ0n) is 11.1. The molecule has 1 aromatic heterocycles. The van der Waals surface area contributed by atoms with Gasteiger partial charge in [-0.2, -0.15) is 0 Å². The Hall–Kier alpha value is -1.13. The first-order valence-electron chi connectivity index (χ1n) is 6.86. The van der Waals surface area contributed by atoms with Gasteiger partial charge in [0, 0.05) is 12.6 Å². The van der Waals surface area contributed by atoms with Crippen molar-refractivity contribution in [3.8, 4) is 5.75 Å². The molecule has 1 saturated heterocycles. The van der Waals surface area contributed by atoms with Crippen molar-refractivity contribution in [2.45, 2.75) is 32.2 Å². The summed E-state index contributed by atoms with van der Waals surface area (Å²) < 4.78 is 5.69. The van der Waals surface area contributed by atoms with E-state index in [9.17, 15) is 0 Å². The van der Waals surface area contributed by atoms with E-state index in [0.717, 1.165) is 31.0 Å². The monoisotopic (exact) mass is 249 g/mol. The Morgan fingerprint density at radius 3 is 2.78 bits per heavy atom. The van der Waals surface area contributed by atoms with E-state index in [1.54, 1.807) is 6.20 Å². The fraction of sp³-hybridized carbons (Fsp3) is 0.643. The SMILES string of the molecule is CC[C@@H](N)c1ccc(OCCN2CCCC2)cn1. The highest BCUT2D eigenvalue weighted by Gasteiger charge is 2.11. The number of likely N-dealkylation sites (tertiary alicyclic amines) is 1. The minimum atomic E-state index is 0.0312. The molecule has 4 heteroatoms. The summed E-state index contributed by atoms with van der Waals surface area (Å²) in [5, 5.41) is 0. The highest BCUT2D eigenvalue weighted by molar-refractivity contribution is 5.21. The Morgan fingerprint density at radius 1 is 1.39 bits per heavy atom. The third-order valence-corrected chi connectivity index (χ3v) is 3.45. The highest BCUT2D eigenvalue weighted by Crippen LogP contribution is 2.15. The molecule has 0 radical (unpaired) electrons.